The summed E-state index contributed by atoms with van der Waals surface area (Å²) in [6.07, 6.45) is 9.03. The monoisotopic (exact) mass is 656 g/mol. The molecule has 2 spiro atoms. The van der Waals surface area contributed by atoms with Crippen LogP contribution < -0.4 is 14.4 Å². The quantitative estimate of drug-likeness (QED) is 0.326. The molecule has 48 heavy (non-hydrogen) atoms. The van der Waals surface area contributed by atoms with Crippen molar-refractivity contribution >= 4 is 11.7 Å². The van der Waals surface area contributed by atoms with Gasteiger partial charge in [0.2, 0.25) is 0 Å². The van der Waals surface area contributed by atoms with Gasteiger partial charge in [-0.2, -0.15) is 0 Å². The molecular formula is C36H45FN8O3. The summed E-state index contributed by atoms with van der Waals surface area (Å²) in [5.74, 6) is 1.18. The number of hydrogen-bond donors (Lipinski definition) is 0. The van der Waals surface area contributed by atoms with Crippen molar-refractivity contribution in [3.05, 3.63) is 59.4 Å². The lowest BCUT2D eigenvalue weighted by Crippen LogP contribution is -2.65. The number of carbonyl (C=O) groups excluding carboxylic acids is 1. The molecule has 4 fully saturated rings. The molecular weight excluding hydrogens is 611 g/mol. The van der Waals surface area contributed by atoms with E-state index < -0.39 is 5.82 Å². The van der Waals surface area contributed by atoms with Gasteiger partial charge in [0.15, 0.2) is 5.82 Å². The fourth-order valence-corrected chi connectivity index (χ4v) is 9.05. The number of benzene rings is 1. The van der Waals surface area contributed by atoms with E-state index in [4.69, 9.17) is 14.5 Å². The molecule has 5 aliphatic rings. The molecule has 2 saturated heterocycles. The van der Waals surface area contributed by atoms with Crippen molar-refractivity contribution in [2.45, 2.75) is 77.6 Å². The largest absolute Gasteiger partial charge is 0.490 e. The SMILES string of the molecule is CCN(C(=O)c1cc(F)ccc1Oc1nncnc1N1CC2(CC(Oc3ccnc4c3CN(C3CC5(C3)CN(C)C5)CC4)C2)C1)C(C)C. The van der Waals surface area contributed by atoms with Crippen LogP contribution in [0.3, 0.4) is 0 Å². The zero-order chi connectivity index (χ0) is 33.2. The smallest absolute Gasteiger partial charge is 0.282 e. The first-order chi connectivity index (χ1) is 23.1. The van der Waals surface area contributed by atoms with E-state index >= 15 is 0 Å². The third kappa shape index (κ3) is 5.56. The molecule has 3 aliphatic heterocycles. The number of pyridine rings is 1. The van der Waals surface area contributed by atoms with Gasteiger partial charge < -0.3 is 24.2 Å². The second-order valence-corrected chi connectivity index (χ2v) is 15.2. The first-order valence-corrected chi connectivity index (χ1v) is 17.4. The maximum absolute atomic E-state index is 14.3. The Balaban J connectivity index is 0.894. The molecule has 5 heterocycles. The minimum Gasteiger partial charge on any atom is -0.490 e. The lowest BCUT2D eigenvalue weighted by Gasteiger charge is -2.61. The third-order valence-corrected chi connectivity index (χ3v) is 11.3. The average Bonchev–Trinajstić information content (AvgIpc) is 3.00. The van der Waals surface area contributed by atoms with Crippen LogP contribution in [0.1, 0.15) is 68.1 Å². The first kappa shape index (κ1) is 31.4. The number of ether oxygens (including phenoxy) is 2. The summed E-state index contributed by atoms with van der Waals surface area (Å²) in [7, 11) is 2.22. The fourth-order valence-electron chi connectivity index (χ4n) is 9.05. The molecule has 3 aromatic rings. The molecule has 1 aromatic carbocycles. The van der Waals surface area contributed by atoms with Crippen molar-refractivity contribution in [1.29, 1.82) is 0 Å². The summed E-state index contributed by atoms with van der Waals surface area (Å²) in [6, 6.07) is 6.64. The van der Waals surface area contributed by atoms with E-state index in [1.54, 1.807) is 4.90 Å². The minimum atomic E-state index is -0.507. The number of fused-ring (bicyclic) bond motifs is 1. The minimum absolute atomic E-state index is 0.0480. The van der Waals surface area contributed by atoms with E-state index in [0.29, 0.717) is 23.8 Å². The molecule has 2 aliphatic carbocycles. The molecule has 0 unspecified atom stereocenters. The van der Waals surface area contributed by atoms with Crippen molar-refractivity contribution in [3.8, 4) is 17.4 Å². The van der Waals surface area contributed by atoms with Crippen LogP contribution in [0.25, 0.3) is 0 Å². The number of aromatic nitrogens is 4. The van der Waals surface area contributed by atoms with Crippen LogP contribution >= 0.6 is 0 Å². The molecule has 1 amide bonds. The standard InChI is InChI=1S/C36H45FN8O3/c1-5-45(23(2)3)34(46)27-12-24(37)6-7-30(27)48-33-32(39-22-40-41-33)44-20-36(21-44)15-26(16-36)47-31-8-10-38-29-9-11-43(17-28(29)31)25-13-35(14-25)18-42(4)19-35/h6-8,10,12,22-23,25-26H,5,9,11,13-21H2,1-4H3. The normalized spacial score (nSPS) is 22.8. The lowest BCUT2D eigenvalue weighted by molar-refractivity contribution is -0.102. The number of rotatable bonds is 9. The Hall–Kier alpha value is -3.90. The highest BCUT2D eigenvalue weighted by molar-refractivity contribution is 5.97. The van der Waals surface area contributed by atoms with Gasteiger partial charge in [0.05, 0.1) is 5.56 Å². The Morgan fingerprint density at radius 2 is 1.83 bits per heavy atom. The van der Waals surface area contributed by atoms with Gasteiger partial charge in [0, 0.05) is 87.2 Å². The fraction of sp³-hybridized carbons (Fsp3) is 0.583. The van der Waals surface area contributed by atoms with Crippen LogP contribution in [-0.2, 0) is 13.0 Å². The summed E-state index contributed by atoms with van der Waals surface area (Å²) in [6.45, 7) is 12.4. The molecule has 0 radical (unpaired) electrons. The summed E-state index contributed by atoms with van der Waals surface area (Å²) >= 11 is 0. The van der Waals surface area contributed by atoms with Gasteiger partial charge in [-0.15, -0.1) is 10.2 Å². The highest BCUT2D eigenvalue weighted by atomic mass is 19.1. The highest BCUT2D eigenvalue weighted by Gasteiger charge is 2.55. The molecule has 2 saturated carbocycles. The zero-order valence-electron chi connectivity index (χ0n) is 28.4. The van der Waals surface area contributed by atoms with Crippen LogP contribution in [0.4, 0.5) is 10.2 Å². The van der Waals surface area contributed by atoms with Gasteiger partial charge in [0.1, 0.15) is 29.7 Å². The van der Waals surface area contributed by atoms with Gasteiger partial charge >= 0.3 is 0 Å². The van der Waals surface area contributed by atoms with Gasteiger partial charge in [-0.3, -0.25) is 14.7 Å². The summed E-state index contributed by atoms with van der Waals surface area (Å²) in [5.41, 5.74) is 3.33. The Labute approximate surface area is 281 Å². The van der Waals surface area contributed by atoms with Crippen molar-refractivity contribution in [3.63, 3.8) is 0 Å². The van der Waals surface area contributed by atoms with Crippen molar-refractivity contribution in [2.24, 2.45) is 10.8 Å². The van der Waals surface area contributed by atoms with Gasteiger partial charge in [0.25, 0.3) is 11.8 Å². The predicted octanol–water partition coefficient (Wildman–Crippen LogP) is 4.57. The van der Waals surface area contributed by atoms with E-state index in [2.05, 4.69) is 43.0 Å². The second kappa shape index (κ2) is 11.9. The van der Waals surface area contributed by atoms with Gasteiger partial charge in [-0.05, 0) is 83.2 Å². The van der Waals surface area contributed by atoms with E-state index in [1.165, 1.54) is 61.7 Å². The average molecular weight is 657 g/mol. The van der Waals surface area contributed by atoms with Crippen LogP contribution in [0.2, 0.25) is 0 Å². The van der Waals surface area contributed by atoms with Crippen LogP contribution in [0.15, 0.2) is 36.8 Å². The predicted molar refractivity (Wildman–Crippen MR) is 178 cm³/mol. The first-order valence-electron chi connectivity index (χ1n) is 17.4. The second-order valence-electron chi connectivity index (χ2n) is 15.2. The number of hydrogen-bond acceptors (Lipinski definition) is 10. The number of halogens is 1. The molecule has 2 aromatic heterocycles. The number of likely N-dealkylation sites (tertiary alicyclic amines) is 1. The topological polar surface area (TPSA) is 100 Å². The Bertz CT molecular complexity index is 1690. The molecule has 0 bridgehead atoms. The summed E-state index contributed by atoms with van der Waals surface area (Å²) in [4.78, 5) is 31.5. The molecule has 254 valence electrons. The molecule has 12 heteroatoms. The van der Waals surface area contributed by atoms with Crippen molar-refractivity contribution in [1.82, 2.24) is 34.9 Å². The molecule has 8 rings (SSSR count). The van der Waals surface area contributed by atoms with Crippen molar-refractivity contribution in [2.75, 3.05) is 51.2 Å². The van der Waals surface area contributed by atoms with Crippen LogP contribution in [-0.4, -0.2) is 105 Å². The molecule has 0 N–H and O–H groups in total. The van der Waals surface area contributed by atoms with Gasteiger partial charge in [-0.1, -0.05) is 0 Å². The summed E-state index contributed by atoms with van der Waals surface area (Å²) < 4.78 is 27.1. The Kier molecular flexibility index (Phi) is 7.78. The zero-order valence-corrected chi connectivity index (χ0v) is 28.4. The Morgan fingerprint density at radius 3 is 2.56 bits per heavy atom. The number of carbonyl (C=O) groups is 1. The maximum atomic E-state index is 14.3. The molecule has 11 nitrogen and oxygen atoms in total. The van der Waals surface area contributed by atoms with E-state index in [0.717, 1.165) is 51.2 Å². The van der Waals surface area contributed by atoms with Gasteiger partial charge in [-0.25, -0.2) is 9.37 Å². The lowest BCUT2D eigenvalue weighted by atomic mass is 9.60. The maximum Gasteiger partial charge on any atom is 0.282 e. The number of amides is 1. The Morgan fingerprint density at radius 1 is 1.06 bits per heavy atom. The molecule has 0 atom stereocenters. The van der Waals surface area contributed by atoms with Crippen molar-refractivity contribution < 1.29 is 18.7 Å². The summed E-state index contributed by atoms with van der Waals surface area (Å²) in [5, 5.41) is 8.17. The number of anilines is 1. The van der Waals surface area contributed by atoms with E-state index in [-0.39, 0.29) is 40.7 Å². The van der Waals surface area contributed by atoms with E-state index in [9.17, 15) is 9.18 Å². The third-order valence-electron chi connectivity index (χ3n) is 11.3. The van der Waals surface area contributed by atoms with E-state index in [1.807, 2.05) is 27.0 Å². The highest BCUT2D eigenvalue weighted by Crippen LogP contribution is 2.53. The number of nitrogens with zero attached hydrogens (tertiary/aromatic N) is 8. The van der Waals surface area contributed by atoms with Crippen LogP contribution in [0.5, 0.6) is 17.4 Å². The van der Waals surface area contributed by atoms with Crippen LogP contribution in [0, 0.1) is 16.6 Å².